The zero-order valence-corrected chi connectivity index (χ0v) is 11.7. The number of hydrogen-bond acceptors (Lipinski definition) is 3. The van der Waals surface area contributed by atoms with Gasteiger partial charge in [-0.25, -0.2) is 8.78 Å². The van der Waals surface area contributed by atoms with Crippen molar-refractivity contribution in [1.82, 2.24) is 9.80 Å². The van der Waals surface area contributed by atoms with Crippen LogP contribution in [0.15, 0.2) is 18.2 Å². The molecule has 0 aromatic heterocycles. The van der Waals surface area contributed by atoms with Gasteiger partial charge in [0.05, 0.1) is 6.04 Å². The molecule has 1 N–H and O–H groups in total. The number of piperazine rings is 1. The lowest BCUT2D eigenvalue weighted by atomic mass is 10.2. The molecule has 0 radical (unpaired) electrons. The minimum atomic E-state index is -0.963. The molecular weight excluding hydrogens is 264 g/mol. The maximum Gasteiger partial charge on any atom is 0.241 e. The van der Waals surface area contributed by atoms with Crippen molar-refractivity contribution in [1.29, 1.82) is 0 Å². The summed E-state index contributed by atoms with van der Waals surface area (Å²) < 4.78 is 25.9. The average molecular weight is 283 g/mol. The molecule has 0 saturated carbocycles. The molecule has 1 aliphatic heterocycles. The Morgan fingerprint density at radius 3 is 2.45 bits per heavy atom. The highest BCUT2D eigenvalue weighted by Gasteiger charge is 2.24. The molecule has 1 aromatic carbocycles. The Kier molecular flexibility index (Phi) is 4.67. The molecule has 1 amide bonds. The average Bonchev–Trinajstić information content (AvgIpc) is 2.43. The minimum Gasteiger partial charge on any atom is -0.325 e. The van der Waals surface area contributed by atoms with Gasteiger partial charge < -0.3 is 10.2 Å². The normalized spacial score (nSPS) is 18.8. The third-order valence-corrected chi connectivity index (χ3v) is 3.65. The molecule has 1 aliphatic rings. The molecule has 110 valence electrons. The molecular formula is C14H19F2N3O. The fourth-order valence-corrected chi connectivity index (χ4v) is 2.20. The fraction of sp³-hybridized carbons (Fsp3) is 0.500. The van der Waals surface area contributed by atoms with Crippen molar-refractivity contribution >= 4 is 11.6 Å². The molecule has 1 aromatic rings. The first kappa shape index (κ1) is 14.9. The molecule has 0 aliphatic carbocycles. The van der Waals surface area contributed by atoms with Crippen LogP contribution in [0.4, 0.5) is 14.5 Å². The number of anilines is 1. The molecule has 0 spiro atoms. The third kappa shape index (κ3) is 3.52. The summed E-state index contributed by atoms with van der Waals surface area (Å²) in [6, 6.07) is 3.06. The van der Waals surface area contributed by atoms with Crippen LogP contribution in [0.2, 0.25) is 0 Å². The molecule has 1 fully saturated rings. The second kappa shape index (κ2) is 6.28. The lowest BCUT2D eigenvalue weighted by Gasteiger charge is -2.35. The Balaban J connectivity index is 1.95. The van der Waals surface area contributed by atoms with Crippen molar-refractivity contribution < 1.29 is 13.6 Å². The van der Waals surface area contributed by atoms with Crippen molar-refractivity contribution in [2.24, 2.45) is 0 Å². The molecule has 1 saturated heterocycles. The molecule has 20 heavy (non-hydrogen) atoms. The first-order chi connectivity index (χ1) is 9.47. The first-order valence-corrected chi connectivity index (χ1v) is 6.66. The third-order valence-electron chi connectivity index (χ3n) is 3.65. The van der Waals surface area contributed by atoms with E-state index >= 15 is 0 Å². The zero-order valence-electron chi connectivity index (χ0n) is 11.7. The van der Waals surface area contributed by atoms with Crippen LogP contribution in [0.25, 0.3) is 0 Å². The largest absolute Gasteiger partial charge is 0.325 e. The fourth-order valence-electron chi connectivity index (χ4n) is 2.20. The van der Waals surface area contributed by atoms with E-state index < -0.39 is 11.6 Å². The number of nitrogens with one attached hydrogen (secondary N) is 1. The first-order valence-electron chi connectivity index (χ1n) is 6.66. The topological polar surface area (TPSA) is 35.6 Å². The van der Waals surface area contributed by atoms with E-state index in [0.717, 1.165) is 38.3 Å². The van der Waals surface area contributed by atoms with Crippen LogP contribution in [-0.4, -0.2) is 55.0 Å². The quantitative estimate of drug-likeness (QED) is 0.914. The summed E-state index contributed by atoms with van der Waals surface area (Å²) in [7, 11) is 2.05. The summed E-state index contributed by atoms with van der Waals surface area (Å²) in [5.41, 5.74) is 0.273. The Morgan fingerprint density at radius 1 is 1.20 bits per heavy atom. The number of carbonyl (C=O) groups is 1. The highest BCUT2D eigenvalue weighted by Crippen LogP contribution is 2.14. The lowest BCUT2D eigenvalue weighted by Crippen LogP contribution is -2.51. The second-order valence-corrected chi connectivity index (χ2v) is 5.13. The molecule has 6 heteroatoms. The predicted octanol–water partition coefficient (Wildman–Crippen LogP) is 1.54. The summed E-state index contributed by atoms with van der Waals surface area (Å²) in [6.07, 6.45) is 0. The molecule has 1 atom stereocenters. The number of nitrogens with zero attached hydrogens (tertiary/aromatic N) is 2. The number of benzene rings is 1. The summed E-state index contributed by atoms with van der Waals surface area (Å²) in [5.74, 6) is -2.09. The van der Waals surface area contributed by atoms with Gasteiger partial charge in [0, 0.05) is 37.9 Å². The van der Waals surface area contributed by atoms with Gasteiger partial charge in [0.1, 0.15) is 0 Å². The van der Waals surface area contributed by atoms with Crippen LogP contribution in [0.3, 0.4) is 0 Å². The Hall–Kier alpha value is -1.53. The smallest absolute Gasteiger partial charge is 0.241 e. The van der Waals surface area contributed by atoms with E-state index in [0.29, 0.717) is 0 Å². The molecule has 0 bridgehead atoms. The van der Waals surface area contributed by atoms with E-state index in [1.807, 2.05) is 14.0 Å². The highest BCUT2D eigenvalue weighted by atomic mass is 19.2. The Bertz CT molecular complexity index is 487. The van der Waals surface area contributed by atoms with Crippen molar-refractivity contribution in [3.63, 3.8) is 0 Å². The molecule has 4 nitrogen and oxygen atoms in total. The van der Waals surface area contributed by atoms with Crippen molar-refractivity contribution in [3.05, 3.63) is 29.8 Å². The predicted molar refractivity (Wildman–Crippen MR) is 73.5 cm³/mol. The number of rotatable bonds is 3. The number of carbonyl (C=O) groups excluding carboxylic acids is 1. The number of halogens is 2. The SMILES string of the molecule is C[C@@H](C(=O)Nc1ccc(F)c(F)c1)N1CCN(C)CC1. The summed E-state index contributed by atoms with van der Waals surface area (Å²) in [6.45, 7) is 5.30. The zero-order chi connectivity index (χ0) is 14.7. The maximum absolute atomic E-state index is 13.1. The van der Waals surface area contributed by atoms with Gasteiger partial charge in [-0.05, 0) is 26.1 Å². The van der Waals surface area contributed by atoms with Crippen LogP contribution in [-0.2, 0) is 4.79 Å². The van der Waals surface area contributed by atoms with Crippen LogP contribution < -0.4 is 5.32 Å². The van der Waals surface area contributed by atoms with E-state index in [2.05, 4.69) is 15.1 Å². The van der Waals surface area contributed by atoms with Crippen molar-refractivity contribution in [2.45, 2.75) is 13.0 Å². The van der Waals surface area contributed by atoms with Gasteiger partial charge in [-0.2, -0.15) is 0 Å². The number of hydrogen-bond donors (Lipinski definition) is 1. The number of amides is 1. The summed E-state index contributed by atoms with van der Waals surface area (Å²) in [5, 5.41) is 2.62. The van der Waals surface area contributed by atoms with Gasteiger partial charge in [0.15, 0.2) is 11.6 Å². The van der Waals surface area contributed by atoms with Crippen LogP contribution >= 0.6 is 0 Å². The van der Waals surface area contributed by atoms with E-state index in [-0.39, 0.29) is 17.6 Å². The van der Waals surface area contributed by atoms with E-state index in [1.54, 1.807) is 0 Å². The maximum atomic E-state index is 13.1. The summed E-state index contributed by atoms with van der Waals surface area (Å²) in [4.78, 5) is 16.4. The monoisotopic (exact) mass is 283 g/mol. The van der Waals surface area contributed by atoms with Gasteiger partial charge in [0.2, 0.25) is 5.91 Å². The van der Waals surface area contributed by atoms with Gasteiger partial charge >= 0.3 is 0 Å². The van der Waals surface area contributed by atoms with Crippen molar-refractivity contribution in [2.75, 3.05) is 38.5 Å². The van der Waals surface area contributed by atoms with Gasteiger partial charge in [0.25, 0.3) is 0 Å². The minimum absolute atomic E-state index is 0.208. The van der Waals surface area contributed by atoms with Gasteiger partial charge in [-0.3, -0.25) is 9.69 Å². The lowest BCUT2D eigenvalue weighted by molar-refractivity contribution is -0.121. The van der Waals surface area contributed by atoms with Crippen LogP contribution in [0, 0.1) is 11.6 Å². The van der Waals surface area contributed by atoms with Crippen LogP contribution in [0.1, 0.15) is 6.92 Å². The highest BCUT2D eigenvalue weighted by molar-refractivity contribution is 5.94. The van der Waals surface area contributed by atoms with Gasteiger partial charge in [-0.15, -0.1) is 0 Å². The Labute approximate surface area is 117 Å². The molecule has 0 unspecified atom stereocenters. The van der Waals surface area contributed by atoms with Gasteiger partial charge in [-0.1, -0.05) is 0 Å². The number of likely N-dealkylation sites (N-methyl/N-ethyl adjacent to an activating group) is 1. The van der Waals surface area contributed by atoms with Crippen molar-refractivity contribution in [3.8, 4) is 0 Å². The second-order valence-electron chi connectivity index (χ2n) is 5.13. The van der Waals surface area contributed by atoms with Crippen LogP contribution in [0.5, 0.6) is 0 Å². The van der Waals surface area contributed by atoms with E-state index in [4.69, 9.17) is 0 Å². The molecule has 2 rings (SSSR count). The summed E-state index contributed by atoms with van der Waals surface area (Å²) >= 11 is 0. The molecule has 1 heterocycles. The standard InChI is InChI=1S/C14H19F2N3O/c1-10(19-7-5-18(2)6-8-19)14(20)17-11-3-4-12(15)13(16)9-11/h3-4,9-10H,5-8H2,1-2H3,(H,17,20)/t10-/m0/s1. The van der Waals surface area contributed by atoms with E-state index in [1.165, 1.54) is 6.07 Å². The Morgan fingerprint density at radius 2 is 1.85 bits per heavy atom. The van der Waals surface area contributed by atoms with E-state index in [9.17, 15) is 13.6 Å².